The number of anilines is 1. The van der Waals surface area contributed by atoms with Crippen molar-refractivity contribution < 1.29 is 9.53 Å². The fourth-order valence-corrected chi connectivity index (χ4v) is 2.57. The number of carbonyl (C=O) groups is 1. The summed E-state index contributed by atoms with van der Waals surface area (Å²) < 4.78 is 6.60. The number of fused-ring (bicyclic) bond motifs is 1. The van der Waals surface area contributed by atoms with Gasteiger partial charge in [-0.2, -0.15) is 0 Å². The maximum atomic E-state index is 12.5. The molecule has 0 aliphatic carbocycles. The van der Waals surface area contributed by atoms with Gasteiger partial charge < -0.3 is 10.1 Å². The third-order valence-electron chi connectivity index (χ3n) is 3.55. The monoisotopic (exact) mass is 357 g/mol. The Morgan fingerprint density at radius 1 is 1.24 bits per heavy atom. The highest BCUT2D eigenvalue weighted by Gasteiger charge is 2.09. The molecular formula is C18H16ClN3O3. The Morgan fingerprint density at radius 2 is 2.00 bits per heavy atom. The number of hydrogen-bond acceptors (Lipinski definition) is 4. The van der Waals surface area contributed by atoms with E-state index in [2.05, 4.69) is 10.3 Å². The molecule has 1 amide bonds. The van der Waals surface area contributed by atoms with Gasteiger partial charge in [-0.25, -0.2) is 4.98 Å². The molecule has 0 bridgehead atoms. The van der Waals surface area contributed by atoms with Gasteiger partial charge in [0.05, 0.1) is 23.8 Å². The van der Waals surface area contributed by atoms with Gasteiger partial charge in [-0.15, -0.1) is 0 Å². The largest absolute Gasteiger partial charge is 0.494 e. The van der Waals surface area contributed by atoms with E-state index < -0.39 is 0 Å². The van der Waals surface area contributed by atoms with Crippen LogP contribution >= 0.6 is 11.6 Å². The molecular weight excluding hydrogens is 342 g/mol. The van der Waals surface area contributed by atoms with Crippen molar-refractivity contribution in [2.75, 3.05) is 11.9 Å². The van der Waals surface area contributed by atoms with Gasteiger partial charge in [0.25, 0.3) is 5.56 Å². The van der Waals surface area contributed by atoms with Crippen molar-refractivity contribution in [3.8, 4) is 5.75 Å². The first-order chi connectivity index (χ1) is 12.1. The SMILES string of the molecule is CCOc1ccc(NC(=O)Cn2cnc3ccc(Cl)cc3c2=O)cc1. The number of ether oxygens (including phenoxy) is 1. The summed E-state index contributed by atoms with van der Waals surface area (Å²) >= 11 is 5.93. The summed E-state index contributed by atoms with van der Waals surface area (Å²) in [5.41, 5.74) is 0.852. The number of hydrogen-bond donors (Lipinski definition) is 1. The molecule has 0 aliphatic heterocycles. The molecule has 0 saturated heterocycles. The van der Waals surface area contributed by atoms with E-state index in [0.29, 0.717) is 28.2 Å². The van der Waals surface area contributed by atoms with Gasteiger partial charge >= 0.3 is 0 Å². The minimum Gasteiger partial charge on any atom is -0.494 e. The zero-order chi connectivity index (χ0) is 17.8. The van der Waals surface area contributed by atoms with Gasteiger partial charge in [0.15, 0.2) is 0 Å². The highest BCUT2D eigenvalue weighted by Crippen LogP contribution is 2.16. The van der Waals surface area contributed by atoms with Crippen molar-refractivity contribution >= 4 is 34.1 Å². The Hall–Kier alpha value is -2.86. The topological polar surface area (TPSA) is 73.2 Å². The quantitative estimate of drug-likeness (QED) is 0.761. The Labute approximate surface area is 149 Å². The molecule has 0 saturated carbocycles. The van der Waals surface area contributed by atoms with Gasteiger partial charge in [0.2, 0.25) is 5.91 Å². The second-order valence-electron chi connectivity index (χ2n) is 5.34. The molecule has 0 atom stereocenters. The van der Waals surface area contributed by atoms with Gasteiger partial charge in [0.1, 0.15) is 12.3 Å². The van der Waals surface area contributed by atoms with Crippen LogP contribution in [0, 0.1) is 0 Å². The van der Waals surface area contributed by atoms with E-state index in [1.807, 2.05) is 6.92 Å². The molecule has 3 rings (SSSR count). The Morgan fingerprint density at radius 3 is 2.72 bits per heavy atom. The number of aromatic nitrogens is 2. The first kappa shape index (κ1) is 17.0. The van der Waals surface area contributed by atoms with E-state index in [1.54, 1.807) is 42.5 Å². The lowest BCUT2D eigenvalue weighted by molar-refractivity contribution is -0.116. The second-order valence-corrected chi connectivity index (χ2v) is 5.78. The Kier molecular flexibility index (Phi) is 5.00. The third-order valence-corrected chi connectivity index (χ3v) is 3.78. The van der Waals surface area contributed by atoms with E-state index in [-0.39, 0.29) is 18.0 Å². The zero-order valence-corrected chi connectivity index (χ0v) is 14.3. The van der Waals surface area contributed by atoms with Crippen LogP contribution in [-0.2, 0) is 11.3 Å². The van der Waals surface area contributed by atoms with E-state index in [9.17, 15) is 9.59 Å². The fraction of sp³-hybridized carbons (Fsp3) is 0.167. The van der Waals surface area contributed by atoms with Crippen LogP contribution in [0.2, 0.25) is 5.02 Å². The average Bonchev–Trinajstić information content (AvgIpc) is 2.60. The molecule has 6 nitrogen and oxygen atoms in total. The summed E-state index contributed by atoms with van der Waals surface area (Å²) in [6, 6.07) is 11.9. The van der Waals surface area contributed by atoms with Crippen molar-refractivity contribution in [3.05, 3.63) is 64.2 Å². The molecule has 0 spiro atoms. The number of nitrogens with zero attached hydrogens (tertiary/aromatic N) is 2. The van der Waals surface area contributed by atoms with Crippen molar-refractivity contribution in [1.82, 2.24) is 9.55 Å². The third kappa shape index (κ3) is 3.97. The van der Waals surface area contributed by atoms with Crippen molar-refractivity contribution in [2.24, 2.45) is 0 Å². The van der Waals surface area contributed by atoms with Gasteiger partial charge in [0, 0.05) is 10.7 Å². The van der Waals surface area contributed by atoms with Gasteiger partial charge in [-0.05, 0) is 49.4 Å². The van der Waals surface area contributed by atoms with Gasteiger partial charge in [-0.3, -0.25) is 14.2 Å². The van der Waals surface area contributed by atoms with E-state index >= 15 is 0 Å². The molecule has 0 radical (unpaired) electrons. The normalized spacial score (nSPS) is 10.6. The molecule has 25 heavy (non-hydrogen) atoms. The molecule has 1 N–H and O–H groups in total. The molecule has 128 valence electrons. The minimum absolute atomic E-state index is 0.137. The maximum absolute atomic E-state index is 12.5. The lowest BCUT2D eigenvalue weighted by Crippen LogP contribution is -2.27. The molecule has 0 aliphatic rings. The number of rotatable bonds is 5. The molecule has 0 unspecified atom stereocenters. The summed E-state index contributed by atoms with van der Waals surface area (Å²) in [7, 11) is 0. The summed E-state index contributed by atoms with van der Waals surface area (Å²) in [4.78, 5) is 28.8. The van der Waals surface area contributed by atoms with Crippen LogP contribution in [0.5, 0.6) is 5.75 Å². The van der Waals surface area contributed by atoms with Crippen LogP contribution < -0.4 is 15.6 Å². The second kappa shape index (κ2) is 7.36. The molecule has 3 aromatic rings. The fourth-order valence-electron chi connectivity index (χ4n) is 2.40. The van der Waals surface area contributed by atoms with Crippen LogP contribution in [0.25, 0.3) is 10.9 Å². The van der Waals surface area contributed by atoms with Gasteiger partial charge in [-0.1, -0.05) is 11.6 Å². The zero-order valence-electron chi connectivity index (χ0n) is 13.5. The van der Waals surface area contributed by atoms with E-state index in [4.69, 9.17) is 16.3 Å². The molecule has 1 aromatic heterocycles. The van der Waals surface area contributed by atoms with Crippen LogP contribution in [0.3, 0.4) is 0 Å². The van der Waals surface area contributed by atoms with Crippen molar-refractivity contribution in [3.63, 3.8) is 0 Å². The molecule has 7 heteroatoms. The van der Waals surface area contributed by atoms with Crippen molar-refractivity contribution in [1.29, 1.82) is 0 Å². The standard InChI is InChI=1S/C18H16ClN3O3/c1-2-25-14-6-4-13(5-7-14)21-17(23)10-22-11-20-16-8-3-12(19)9-15(16)18(22)24/h3-9,11H,2,10H2,1H3,(H,21,23). The Bertz CT molecular complexity index is 967. The number of amides is 1. The summed E-state index contributed by atoms with van der Waals surface area (Å²) in [5, 5.41) is 3.56. The first-order valence-corrected chi connectivity index (χ1v) is 8.12. The Balaban J connectivity index is 1.75. The van der Waals surface area contributed by atoms with E-state index in [0.717, 1.165) is 5.75 Å². The molecule has 1 heterocycles. The summed E-state index contributed by atoms with van der Waals surface area (Å²) in [5.74, 6) is 0.404. The number of halogens is 1. The molecule has 2 aromatic carbocycles. The molecule has 0 fully saturated rings. The van der Waals surface area contributed by atoms with Crippen LogP contribution in [0.4, 0.5) is 5.69 Å². The maximum Gasteiger partial charge on any atom is 0.261 e. The van der Waals surface area contributed by atoms with Crippen LogP contribution in [-0.4, -0.2) is 22.1 Å². The van der Waals surface area contributed by atoms with Crippen LogP contribution in [0.15, 0.2) is 53.6 Å². The number of carbonyl (C=O) groups excluding carboxylic acids is 1. The highest BCUT2D eigenvalue weighted by molar-refractivity contribution is 6.31. The average molecular weight is 358 g/mol. The summed E-state index contributed by atoms with van der Waals surface area (Å²) in [6.07, 6.45) is 1.36. The number of benzene rings is 2. The predicted molar refractivity (Wildman–Crippen MR) is 97.3 cm³/mol. The first-order valence-electron chi connectivity index (χ1n) is 7.74. The smallest absolute Gasteiger partial charge is 0.261 e. The van der Waals surface area contributed by atoms with Crippen LogP contribution in [0.1, 0.15) is 6.92 Å². The van der Waals surface area contributed by atoms with E-state index in [1.165, 1.54) is 10.9 Å². The lowest BCUT2D eigenvalue weighted by Gasteiger charge is -2.09. The minimum atomic E-state index is -0.325. The highest BCUT2D eigenvalue weighted by atomic mass is 35.5. The summed E-state index contributed by atoms with van der Waals surface area (Å²) in [6.45, 7) is 2.34. The number of nitrogens with one attached hydrogen (secondary N) is 1. The predicted octanol–water partition coefficient (Wildman–Crippen LogP) is 3.09. The lowest BCUT2D eigenvalue weighted by atomic mass is 10.2. The van der Waals surface area contributed by atoms with Crippen molar-refractivity contribution in [2.45, 2.75) is 13.5 Å².